The summed E-state index contributed by atoms with van der Waals surface area (Å²) in [7, 11) is -1.29. The summed E-state index contributed by atoms with van der Waals surface area (Å²) in [5, 5.41) is 0. The van der Waals surface area contributed by atoms with Crippen LogP contribution in [-0.2, 0) is 25.0 Å². The lowest BCUT2D eigenvalue weighted by molar-refractivity contribution is -0.120. The summed E-state index contributed by atoms with van der Waals surface area (Å²) in [6.45, 7) is 5.68. The van der Waals surface area contributed by atoms with Crippen LogP contribution in [-0.4, -0.2) is 19.7 Å². The zero-order chi connectivity index (χ0) is 13.2. The lowest BCUT2D eigenvalue weighted by Crippen LogP contribution is -1.96. The first-order valence-electron chi connectivity index (χ1n) is 5.68. The molecule has 0 saturated carbocycles. The fourth-order valence-corrected chi connectivity index (χ4v) is 2.07. The third-order valence-corrected chi connectivity index (χ3v) is 3.19. The molecule has 0 aliphatic heterocycles. The van der Waals surface area contributed by atoms with E-state index in [1.807, 2.05) is 26.0 Å². The zero-order valence-electron chi connectivity index (χ0n) is 10.5. The fourth-order valence-electron chi connectivity index (χ4n) is 1.17. The van der Waals surface area contributed by atoms with Crippen molar-refractivity contribution in [2.24, 2.45) is 0 Å². The van der Waals surface area contributed by atoms with E-state index < -0.39 is 8.60 Å². The maximum atomic E-state index is 10.1. The van der Waals surface area contributed by atoms with Crippen LogP contribution in [0.2, 0.25) is 0 Å². The van der Waals surface area contributed by atoms with Crippen LogP contribution in [0.5, 0.6) is 5.75 Å². The van der Waals surface area contributed by atoms with E-state index in [0.29, 0.717) is 32.0 Å². The van der Waals surface area contributed by atoms with Gasteiger partial charge in [0.05, 0.1) is 19.8 Å². The van der Waals surface area contributed by atoms with Gasteiger partial charge in [0.25, 0.3) is 6.47 Å². The summed E-state index contributed by atoms with van der Waals surface area (Å²) in [5.41, 5.74) is 0.958. The number of carbonyl (C=O) groups excluding carboxylic acids is 1. The van der Waals surface area contributed by atoms with Gasteiger partial charge in [-0.25, -0.2) is 0 Å². The summed E-state index contributed by atoms with van der Waals surface area (Å²) in [6, 6.07) is 7.06. The van der Waals surface area contributed by atoms with Crippen molar-refractivity contribution in [2.75, 3.05) is 13.2 Å². The average Bonchev–Trinajstić information content (AvgIpc) is 2.38. The minimum absolute atomic E-state index is 0.396. The van der Waals surface area contributed by atoms with E-state index in [4.69, 9.17) is 18.3 Å². The number of carbonyl (C=O) groups is 1. The smallest absolute Gasteiger partial charge is 0.332 e. The number of ether oxygens (including phenoxy) is 1. The molecule has 0 radical (unpaired) electrons. The zero-order valence-corrected chi connectivity index (χ0v) is 11.4. The molecule has 0 bridgehead atoms. The Kier molecular flexibility index (Phi) is 7.53. The molecule has 100 valence electrons. The van der Waals surface area contributed by atoms with Crippen molar-refractivity contribution in [3.05, 3.63) is 29.8 Å². The molecule has 0 fully saturated rings. The molecule has 1 aromatic rings. The summed E-state index contributed by atoms with van der Waals surface area (Å²) in [6.07, 6.45) is 0. The van der Waals surface area contributed by atoms with E-state index in [0.717, 1.165) is 5.56 Å². The van der Waals surface area contributed by atoms with E-state index in [2.05, 4.69) is 0 Å². The van der Waals surface area contributed by atoms with Gasteiger partial charge in [0.15, 0.2) is 0 Å². The van der Waals surface area contributed by atoms with Gasteiger partial charge in [-0.15, -0.1) is 0 Å². The molecule has 0 aliphatic rings. The van der Waals surface area contributed by atoms with Crippen LogP contribution < -0.4 is 4.74 Å². The highest BCUT2D eigenvalue weighted by molar-refractivity contribution is 7.41. The van der Waals surface area contributed by atoms with Gasteiger partial charge in [0.2, 0.25) is 0 Å². The van der Waals surface area contributed by atoms with Gasteiger partial charge in [0.1, 0.15) is 5.75 Å². The molecule has 0 N–H and O–H groups in total. The highest BCUT2D eigenvalue weighted by Gasteiger charge is 2.10. The van der Waals surface area contributed by atoms with Gasteiger partial charge in [-0.3, -0.25) is 4.79 Å². The summed E-state index contributed by atoms with van der Waals surface area (Å²) >= 11 is 0. The summed E-state index contributed by atoms with van der Waals surface area (Å²) in [5.74, 6) is 0.505. The lowest BCUT2D eigenvalue weighted by Gasteiger charge is -2.14. The standard InChI is InChI=1S/C12H17O5P/c1-3-15-18(16-4-2)17-9-11-5-7-12(8-6-11)14-10-13/h5-8,10H,3-4,9H2,1-2H3. The van der Waals surface area contributed by atoms with Crippen LogP contribution in [0.4, 0.5) is 0 Å². The third-order valence-electron chi connectivity index (χ3n) is 1.91. The van der Waals surface area contributed by atoms with Crippen LogP contribution in [0, 0.1) is 0 Å². The van der Waals surface area contributed by atoms with Crippen LogP contribution in [0.15, 0.2) is 24.3 Å². The average molecular weight is 272 g/mol. The van der Waals surface area contributed by atoms with Gasteiger partial charge in [-0.2, -0.15) is 0 Å². The molecular weight excluding hydrogens is 255 g/mol. The molecule has 1 aromatic carbocycles. The minimum Gasteiger partial charge on any atom is -0.429 e. The van der Waals surface area contributed by atoms with Gasteiger partial charge in [0, 0.05) is 0 Å². The Labute approximate surface area is 108 Å². The molecule has 0 aromatic heterocycles. The van der Waals surface area contributed by atoms with Crippen molar-refractivity contribution in [3.63, 3.8) is 0 Å². The summed E-state index contributed by atoms with van der Waals surface area (Å²) < 4.78 is 20.8. The second-order valence-corrected chi connectivity index (χ2v) is 4.41. The van der Waals surface area contributed by atoms with Crippen molar-refractivity contribution >= 4 is 15.1 Å². The van der Waals surface area contributed by atoms with Crippen molar-refractivity contribution < 1.29 is 23.1 Å². The number of rotatable bonds is 9. The Morgan fingerprint density at radius 2 is 1.67 bits per heavy atom. The normalized spacial score (nSPS) is 10.6. The Morgan fingerprint density at radius 3 is 2.17 bits per heavy atom. The predicted molar refractivity (Wildman–Crippen MR) is 68.1 cm³/mol. The molecule has 0 atom stereocenters. The highest BCUT2D eigenvalue weighted by Crippen LogP contribution is 2.40. The molecule has 0 amide bonds. The van der Waals surface area contributed by atoms with Crippen molar-refractivity contribution in [1.29, 1.82) is 0 Å². The van der Waals surface area contributed by atoms with Gasteiger partial charge in [-0.05, 0) is 31.5 Å². The van der Waals surface area contributed by atoms with Gasteiger partial charge < -0.3 is 18.3 Å². The van der Waals surface area contributed by atoms with E-state index >= 15 is 0 Å². The molecule has 0 aliphatic carbocycles. The van der Waals surface area contributed by atoms with E-state index in [-0.39, 0.29) is 0 Å². The Hall–Kier alpha value is -1.00. The van der Waals surface area contributed by atoms with Crippen LogP contribution in [0.3, 0.4) is 0 Å². The van der Waals surface area contributed by atoms with Gasteiger partial charge in [-0.1, -0.05) is 12.1 Å². The third kappa shape index (κ3) is 5.56. The van der Waals surface area contributed by atoms with Crippen LogP contribution >= 0.6 is 8.60 Å². The second kappa shape index (κ2) is 9.00. The minimum atomic E-state index is -1.29. The largest absolute Gasteiger partial charge is 0.429 e. The van der Waals surface area contributed by atoms with Crippen molar-refractivity contribution in [1.82, 2.24) is 0 Å². The molecular formula is C12H17O5P. The predicted octanol–water partition coefficient (Wildman–Crippen LogP) is 3.04. The van der Waals surface area contributed by atoms with Crippen molar-refractivity contribution in [3.8, 4) is 5.75 Å². The van der Waals surface area contributed by atoms with E-state index in [1.165, 1.54) is 0 Å². The van der Waals surface area contributed by atoms with E-state index in [1.54, 1.807) is 12.1 Å². The molecule has 1 rings (SSSR count). The molecule has 0 saturated heterocycles. The van der Waals surface area contributed by atoms with Crippen molar-refractivity contribution in [2.45, 2.75) is 20.5 Å². The SMILES string of the molecule is CCOP(OCC)OCc1ccc(OC=O)cc1. The van der Waals surface area contributed by atoms with Crippen LogP contribution in [0.1, 0.15) is 19.4 Å². The van der Waals surface area contributed by atoms with Crippen LogP contribution in [0.25, 0.3) is 0 Å². The Bertz CT molecular complexity index is 335. The number of benzene rings is 1. The molecule has 6 heteroatoms. The molecule has 0 unspecified atom stereocenters. The van der Waals surface area contributed by atoms with E-state index in [9.17, 15) is 4.79 Å². The fraction of sp³-hybridized carbons (Fsp3) is 0.417. The maximum Gasteiger partial charge on any atom is 0.332 e. The quantitative estimate of drug-likeness (QED) is 0.511. The monoisotopic (exact) mass is 272 g/mol. The number of hydrogen-bond acceptors (Lipinski definition) is 5. The second-order valence-electron chi connectivity index (χ2n) is 3.19. The lowest BCUT2D eigenvalue weighted by atomic mass is 10.2. The molecule has 0 spiro atoms. The first kappa shape index (κ1) is 15.1. The molecule has 5 nitrogen and oxygen atoms in total. The Balaban J connectivity index is 2.43. The first-order valence-corrected chi connectivity index (χ1v) is 6.77. The highest BCUT2D eigenvalue weighted by atomic mass is 31.2. The first-order chi connectivity index (χ1) is 8.80. The number of hydrogen-bond donors (Lipinski definition) is 0. The summed E-state index contributed by atoms with van der Waals surface area (Å²) in [4.78, 5) is 10.1. The molecule has 18 heavy (non-hydrogen) atoms. The topological polar surface area (TPSA) is 54.0 Å². The Morgan fingerprint density at radius 1 is 1.06 bits per heavy atom. The maximum absolute atomic E-state index is 10.1. The van der Waals surface area contributed by atoms with Gasteiger partial charge >= 0.3 is 8.60 Å². The molecule has 0 heterocycles.